The van der Waals surface area contributed by atoms with Crippen molar-refractivity contribution in [2.24, 2.45) is 5.73 Å². The number of nitrogens with two attached hydrogens (primary N) is 1. The molecule has 3 aromatic heterocycles. The summed E-state index contributed by atoms with van der Waals surface area (Å²) in [6.45, 7) is 2.78. The summed E-state index contributed by atoms with van der Waals surface area (Å²) in [7, 11) is 0. The molecule has 14 heteroatoms. The lowest BCUT2D eigenvalue weighted by molar-refractivity contribution is -0.385. The number of aromatic nitrogens is 3. The number of nitrogens with zero attached hydrogens (tertiary/aromatic N) is 4. The number of primary amides is 1. The zero-order chi connectivity index (χ0) is 22.4. The maximum atomic E-state index is 13.0. The van der Waals surface area contributed by atoms with E-state index < -0.39 is 34.6 Å². The van der Waals surface area contributed by atoms with Gasteiger partial charge in [-0.05, 0) is 25.5 Å². The van der Waals surface area contributed by atoms with Crippen molar-refractivity contribution in [3.8, 4) is 0 Å². The van der Waals surface area contributed by atoms with Gasteiger partial charge in [0.25, 0.3) is 5.91 Å². The van der Waals surface area contributed by atoms with Crippen LogP contribution in [0.15, 0.2) is 18.5 Å². The van der Waals surface area contributed by atoms with Crippen LogP contribution in [-0.4, -0.2) is 31.5 Å². The number of fused-ring (bicyclic) bond motifs is 1. The summed E-state index contributed by atoms with van der Waals surface area (Å²) in [6.07, 6.45) is -2.68. The lowest BCUT2D eigenvalue weighted by Gasteiger charge is -2.13. The van der Waals surface area contributed by atoms with Crippen molar-refractivity contribution >= 4 is 44.7 Å². The van der Waals surface area contributed by atoms with Crippen LogP contribution in [0.5, 0.6) is 0 Å². The van der Waals surface area contributed by atoms with E-state index in [1.54, 1.807) is 0 Å². The summed E-state index contributed by atoms with van der Waals surface area (Å²) < 4.78 is 40.2. The average Bonchev–Trinajstić information content (AvgIpc) is 3.26. The number of aryl methyl sites for hydroxylation is 1. The number of thiophene rings is 1. The zero-order valence-corrected chi connectivity index (χ0v) is 16.2. The fraction of sp³-hybridized carbons (Fsp3) is 0.250. The van der Waals surface area contributed by atoms with Gasteiger partial charge in [0.05, 0.1) is 10.6 Å². The molecule has 3 heterocycles. The van der Waals surface area contributed by atoms with E-state index in [9.17, 15) is 32.9 Å². The first-order chi connectivity index (χ1) is 13.9. The van der Waals surface area contributed by atoms with E-state index in [-0.39, 0.29) is 32.0 Å². The molecule has 3 aromatic rings. The van der Waals surface area contributed by atoms with Crippen LogP contribution >= 0.6 is 11.3 Å². The topological polar surface area (TPSA) is 146 Å². The molecule has 30 heavy (non-hydrogen) atoms. The van der Waals surface area contributed by atoms with Crippen LogP contribution in [0.3, 0.4) is 0 Å². The molecular weight excluding hydrogens is 429 g/mol. The second kappa shape index (κ2) is 7.37. The van der Waals surface area contributed by atoms with Crippen molar-refractivity contribution < 1.29 is 27.7 Å². The van der Waals surface area contributed by atoms with Gasteiger partial charge in [-0.3, -0.25) is 24.4 Å². The fourth-order valence-electron chi connectivity index (χ4n) is 2.70. The molecule has 158 valence electrons. The third-order valence-electron chi connectivity index (χ3n) is 4.20. The van der Waals surface area contributed by atoms with E-state index in [4.69, 9.17) is 5.73 Å². The number of alkyl halides is 3. The minimum atomic E-state index is -4.69. The Morgan fingerprint density at radius 1 is 1.40 bits per heavy atom. The third-order valence-corrected chi connectivity index (χ3v) is 5.29. The minimum Gasteiger partial charge on any atom is -0.365 e. The van der Waals surface area contributed by atoms with Crippen molar-refractivity contribution in [1.29, 1.82) is 0 Å². The highest BCUT2D eigenvalue weighted by atomic mass is 32.1. The molecule has 0 bridgehead atoms. The number of anilines is 1. The molecular formula is C16H13F3N6O4S. The van der Waals surface area contributed by atoms with Crippen molar-refractivity contribution in [1.82, 2.24) is 14.8 Å². The highest BCUT2D eigenvalue weighted by molar-refractivity contribution is 7.21. The van der Waals surface area contributed by atoms with E-state index in [1.807, 2.05) is 0 Å². The summed E-state index contributed by atoms with van der Waals surface area (Å²) >= 11 is 0.622. The highest BCUT2D eigenvalue weighted by Crippen LogP contribution is 2.40. The number of carbonyl (C=O) groups excluding carboxylic acids is 2. The minimum absolute atomic E-state index is 0.0697. The van der Waals surface area contributed by atoms with Gasteiger partial charge in [0, 0.05) is 5.39 Å². The molecule has 1 atom stereocenters. The lowest BCUT2D eigenvalue weighted by atomic mass is 10.1. The van der Waals surface area contributed by atoms with Crippen LogP contribution in [0.2, 0.25) is 0 Å². The quantitative estimate of drug-likeness (QED) is 0.459. The number of hydrogen-bond acceptors (Lipinski definition) is 7. The predicted octanol–water partition coefficient (Wildman–Crippen LogP) is 3.03. The first kappa shape index (κ1) is 21.2. The average molecular weight is 442 g/mol. The van der Waals surface area contributed by atoms with Crippen LogP contribution < -0.4 is 11.1 Å². The molecule has 0 aromatic carbocycles. The number of hydrogen-bond donors (Lipinski definition) is 2. The molecule has 0 aliphatic rings. The smallest absolute Gasteiger partial charge is 0.365 e. The Kier molecular flexibility index (Phi) is 5.20. The molecule has 0 fully saturated rings. The molecule has 3 rings (SSSR count). The van der Waals surface area contributed by atoms with Gasteiger partial charge in [0.15, 0.2) is 0 Å². The van der Waals surface area contributed by atoms with Gasteiger partial charge in [0.2, 0.25) is 5.91 Å². The fourth-order valence-corrected chi connectivity index (χ4v) is 3.76. The molecule has 0 aliphatic carbocycles. The summed E-state index contributed by atoms with van der Waals surface area (Å²) in [6, 6.07) is -0.229. The van der Waals surface area contributed by atoms with E-state index in [1.165, 1.54) is 13.8 Å². The van der Waals surface area contributed by atoms with E-state index >= 15 is 0 Å². The molecule has 0 saturated carbocycles. The van der Waals surface area contributed by atoms with Crippen LogP contribution in [0.1, 0.15) is 33.9 Å². The van der Waals surface area contributed by atoms with E-state index in [0.29, 0.717) is 11.3 Å². The van der Waals surface area contributed by atoms with Crippen LogP contribution in [0.4, 0.5) is 24.5 Å². The van der Waals surface area contributed by atoms with Gasteiger partial charge in [-0.1, -0.05) is 0 Å². The largest absolute Gasteiger partial charge is 0.433 e. The molecule has 0 radical (unpaired) electrons. The maximum Gasteiger partial charge on any atom is 0.433 e. The Morgan fingerprint density at radius 2 is 2.07 bits per heavy atom. The molecule has 0 saturated heterocycles. The number of carbonyl (C=O) groups is 2. The first-order valence-corrected chi connectivity index (χ1v) is 9.02. The number of nitro groups is 1. The first-order valence-electron chi connectivity index (χ1n) is 8.20. The summed E-state index contributed by atoms with van der Waals surface area (Å²) in [4.78, 5) is 37.8. The normalized spacial score (nSPS) is 12.7. The van der Waals surface area contributed by atoms with Gasteiger partial charge < -0.3 is 11.1 Å². The Labute approximate surface area is 169 Å². The van der Waals surface area contributed by atoms with Crippen molar-refractivity contribution in [2.75, 3.05) is 5.32 Å². The number of pyridine rings is 1. The lowest BCUT2D eigenvalue weighted by Crippen LogP contribution is -2.25. The van der Waals surface area contributed by atoms with E-state index in [2.05, 4.69) is 15.4 Å². The van der Waals surface area contributed by atoms with Gasteiger partial charge in [-0.25, -0.2) is 4.98 Å². The molecule has 1 unspecified atom stereocenters. The Hall–Kier alpha value is -3.55. The van der Waals surface area contributed by atoms with Gasteiger partial charge >= 0.3 is 11.9 Å². The Morgan fingerprint density at radius 3 is 2.60 bits per heavy atom. The van der Waals surface area contributed by atoms with Crippen LogP contribution in [0, 0.1) is 17.0 Å². The van der Waals surface area contributed by atoms with Gasteiger partial charge in [-0.2, -0.15) is 18.3 Å². The van der Waals surface area contributed by atoms with E-state index in [0.717, 1.165) is 23.1 Å². The van der Waals surface area contributed by atoms with Gasteiger partial charge in [0.1, 0.15) is 33.8 Å². The molecule has 3 N–H and O–H groups in total. The Bertz CT molecular complexity index is 1190. The standard InChI is InChI=1S/C16H13F3N6O4S/c1-6-3-9(16(17,18)19)22-15-10(6)11(12(30-15)13(20)26)23-14(27)7(2)24-5-8(4-21-24)25(28)29/h3-5,7H,1-2H3,(H2,20,26)(H,23,27). The van der Waals surface area contributed by atoms with Crippen LogP contribution in [0.25, 0.3) is 10.2 Å². The number of halogens is 3. The summed E-state index contributed by atoms with van der Waals surface area (Å²) in [5, 5.41) is 17.1. The van der Waals surface area contributed by atoms with Crippen molar-refractivity contribution in [2.45, 2.75) is 26.1 Å². The highest BCUT2D eigenvalue weighted by Gasteiger charge is 2.34. The van der Waals surface area contributed by atoms with Crippen molar-refractivity contribution in [3.63, 3.8) is 0 Å². The number of rotatable bonds is 5. The van der Waals surface area contributed by atoms with Crippen LogP contribution in [-0.2, 0) is 11.0 Å². The predicted molar refractivity (Wildman–Crippen MR) is 100 cm³/mol. The number of amides is 2. The zero-order valence-electron chi connectivity index (χ0n) is 15.4. The second-order valence-electron chi connectivity index (χ2n) is 6.27. The monoisotopic (exact) mass is 442 g/mol. The van der Waals surface area contributed by atoms with Crippen molar-refractivity contribution in [3.05, 3.63) is 44.7 Å². The summed E-state index contributed by atoms with van der Waals surface area (Å²) in [5.74, 6) is -1.67. The molecule has 0 aliphatic heterocycles. The molecule has 10 nitrogen and oxygen atoms in total. The maximum absolute atomic E-state index is 13.0. The second-order valence-corrected chi connectivity index (χ2v) is 7.27. The third kappa shape index (κ3) is 3.80. The summed E-state index contributed by atoms with van der Waals surface area (Å²) in [5.41, 5.74) is 3.93. The SMILES string of the molecule is Cc1cc(C(F)(F)F)nc2sc(C(N)=O)c(NC(=O)C(C)n3cc([N+](=O)[O-])cn3)c12. The number of nitrogens with one attached hydrogen (secondary N) is 1. The van der Waals surface area contributed by atoms with Gasteiger partial charge in [-0.15, -0.1) is 11.3 Å². The Balaban J connectivity index is 2.03. The molecule has 2 amide bonds. The molecule has 0 spiro atoms.